The van der Waals surface area contributed by atoms with Crippen LogP contribution in [0.25, 0.3) is 0 Å². The van der Waals surface area contributed by atoms with Gasteiger partial charge in [0, 0.05) is 43.6 Å². The van der Waals surface area contributed by atoms with E-state index in [2.05, 4.69) is 14.9 Å². The van der Waals surface area contributed by atoms with E-state index in [1.54, 1.807) is 12.4 Å². The van der Waals surface area contributed by atoms with E-state index in [0.29, 0.717) is 6.54 Å². The summed E-state index contributed by atoms with van der Waals surface area (Å²) >= 11 is 0. The quantitative estimate of drug-likeness (QED) is 0.871. The number of benzene rings is 1. The average molecular weight is 310 g/mol. The third-order valence-corrected chi connectivity index (χ3v) is 4.33. The van der Waals surface area contributed by atoms with Gasteiger partial charge in [-0.05, 0) is 38.0 Å². The molecule has 0 bridgehead atoms. The third kappa shape index (κ3) is 3.50. The number of hydrogen-bond acceptors (Lipinski definition) is 4. The van der Waals surface area contributed by atoms with Crippen molar-refractivity contribution in [3.8, 4) is 0 Å². The van der Waals surface area contributed by atoms with Gasteiger partial charge in [0.25, 0.3) is 0 Å². The fourth-order valence-corrected chi connectivity index (χ4v) is 3.07. The first kappa shape index (κ1) is 15.5. The lowest BCUT2D eigenvalue weighted by atomic mass is 9.95. The van der Waals surface area contributed by atoms with Crippen molar-refractivity contribution in [2.24, 2.45) is 5.92 Å². The Kier molecular flexibility index (Phi) is 4.86. The Hall–Kier alpha value is -2.43. The van der Waals surface area contributed by atoms with Crippen LogP contribution >= 0.6 is 0 Å². The molecule has 0 unspecified atom stereocenters. The molecule has 1 aromatic carbocycles. The van der Waals surface area contributed by atoms with Crippen molar-refractivity contribution >= 4 is 17.5 Å². The van der Waals surface area contributed by atoms with Crippen LogP contribution in [0.15, 0.2) is 48.8 Å². The number of aromatic nitrogens is 2. The highest BCUT2D eigenvalue weighted by Crippen LogP contribution is 2.24. The minimum atomic E-state index is 0.0788. The number of hydrogen-bond donors (Lipinski definition) is 0. The Bertz CT molecular complexity index is 624. The average Bonchev–Trinajstić information content (AvgIpc) is 2.64. The first-order valence-electron chi connectivity index (χ1n) is 8.18. The first-order valence-corrected chi connectivity index (χ1v) is 8.18. The molecule has 1 aliphatic heterocycles. The minimum absolute atomic E-state index is 0.0788. The van der Waals surface area contributed by atoms with Crippen LogP contribution in [0.3, 0.4) is 0 Å². The largest absolute Gasteiger partial charge is 0.341 e. The van der Waals surface area contributed by atoms with Crippen molar-refractivity contribution < 1.29 is 4.79 Å². The Morgan fingerprint density at radius 3 is 2.39 bits per heavy atom. The van der Waals surface area contributed by atoms with Crippen LogP contribution in [-0.2, 0) is 4.79 Å². The van der Waals surface area contributed by atoms with Gasteiger partial charge >= 0.3 is 0 Å². The molecule has 5 heteroatoms. The zero-order chi connectivity index (χ0) is 16.1. The molecule has 1 aromatic heterocycles. The SMILES string of the molecule is CCN(C(=O)C1CCN(c2ncccn2)CC1)c1ccccc1. The lowest BCUT2D eigenvalue weighted by Crippen LogP contribution is -2.43. The second-order valence-electron chi connectivity index (χ2n) is 5.73. The van der Waals surface area contributed by atoms with Crippen molar-refractivity contribution in [2.45, 2.75) is 19.8 Å². The maximum Gasteiger partial charge on any atom is 0.230 e. The number of carbonyl (C=O) groups excluding carboxylic acids is 1. The molecular formula is C18H22N4O. The summed E-state index contributed by atoms with van der Waals surface area (Å²) in [4.78, 5) is 25.5. The van der Waals surface area contributed by atoms with Crippen molar-refractivity contribution in [3.05, 3.63) is 48.8 Å². The molecular weight excluding hydrogens is 288 g/mol. The number of para-hydroxylation sites is 1. The Labute approximate surface area is 137 Å². The van der Waals surface area contributed by atoms with Crippen LogP contribution in [0, 0.1) is 5.92 Å². The molecule has 0 N–H and O–H groups in total. The van der Waals surface area contributed by atoms with Gasteiger partial charge < -0.3 is 9.80 Å². The van der Waals surface area contributed by atoms with E-state index >= 15 is 0 Å². The lowest BCUT2D eigenvalue weighted by Gasteiger charge is -2.34. The highest BCUT2D eigenvalue weighted by Gasteiger charge is 2.29. The van der Waals surface area contributed by atoms with E-state index in [-0.39, 0.29) is 11.8 Å². The van der Waals surface area contributed by atoms with Gasteiger partial charge in [-0.3, -0.25) is 4.79 Å². The van der Waals surface area contributed by atoms with Gasteiger partial charge in [-0.15, -0.1) is 0 Å². The van der Waals surface area contributed by atoms with Crippen LogP contribution in [0.4, 0.5) is 11.6 Å². The van der Waals surface area contributed by atoms with Crippen LogP contribution in [0.2, 0.25) is 0 Å². The van der Waals surface area contributed by atoms with Gasteiger partial charge in [0.15, 0.2) is 0 Å². The van der Waals surface area contributed by atoms with Crippen molar-refractivity contribution in [1.82, 2.24) is 9.97 Å². The zero-order valence-electron chi connectivity index (χ0n) is 13.4. The summed E-state index contributed by atoms with van der Waals surface area (Å²) in [5.74, 6) is 1.07. The van der Waals surface area contributed by atoms with Gasteiger partial charge in [0.1, 0.15) is 0 Å². The highest BCUT2D eigenvalue weighted by molar-refractivity contribution is 5.95. The van der Waals surface area contributed by atoms with E-state index in [1.165, 1.54) is 0 Å². The smallest absolute Gasteiger partial charge is 0.230 e. The molecule has 1 fully saturated rings. The van der Waals surface area contributed by atoms with Gasteiger partial charge in [-0.2, -0.15) is 0 Å². The fourth-order valence-electron chi connectivity index (χ4n) is 3.07. The molecule has 2 aromatic rings. The molecule has 0 atom stereocenters. The molecule has 23 heavy (non-hydrogen) atoms. The van der Waals surface area contributed by atoms with Crippen LogP contribution < -0.4 is 9.80 Å². The summed E-state index contributed by atoms with van der Waals surface area (Å²) < 4.78 is 0. The number of carbonyl (C=O) groups is 1. The number of amides is 1. The Morgan fingerprint density at radius 1 is 1.13 bits per heavy atom. The number of piperidine rings is 1. The predicted octanol–water partition coefficient (Wildman–Crippen LogP) is 2.75. The highest BCUT2D eigenvalue weighted by atomic mass is 16.2. The monoisotopic (exact) mass is 310 g/mol. The van der Waals surface area contributed by atoms with Crippen LogP contribution in [0.5, 0.6) is 0 Å². The second kappa shape index (κ2) is 7.22. The van der Waals surface area contributed by atoms with Gasteiger partial charge in [-0.25, -0.2) is 9.97 Å². The summed E-state index contributed by atoms with van der Waals surface area (Å²) in [5, 5.41) is 0. The number of rotatable bonds is 4. The number of nitrogens with zero attached hydrogens (tertiary/aromatic N) is 4. The van der Waals surface area contributed by atoms with Gasteiger partial charge in [-0.1, -0.05) is 18.2 Å². The predicted molar refractivity (Wildman–Crippen MR) is 91.4 cm³/mol. The molecule has 0 saturated carbocycles. The van der Waals surface area contributed by atoms with Crippen molar-refractivity contribution in [1.29, 1.82) is 0 Å². The molecule has 0 spiro atoms. The summed E-state index contributed by atoms with van der Waals surface area (Å²) in [6.45, 7) is 4.38. The van der Waals surface area contributed by atoms with E-state index in [0.717, 1.165) is 37.6 Å². The van der Waals surface area contributed by atoms with Crippen LogP contribution in [0.1, 0.15) is 19.8 Å². The summed E-state index contributed by atoms with van der Waals surface area (Å²) in [6.07, 6.45) is 5.21. The number of anilines is 2. The molecule has 1 aliphatic rings. The molecule has 2 heterocycles. The Balaban J connectivity index is 1.64. The first-order chi connectivity index (χ1) is 11.3. The maximum atomic E-state index is 12.8. The fraction of sp³-hybridized carbons (Fsp3) is 0.389. The molecule has 1 saturated heterocycles. The molecule has 1 amide bonds. The van der Waals surface area contributed by atoms with Crippen molar-refractivity contribution in [3.63, 3.8) is 0 Å². The summed E-state index contributed by atoms with van der Waals surface area (Å²) in [7, 11) is 0. The van der Waals surface area contributed by atoms with E-state index in [9.17, 15) is 4.79 Å². The molecule has 0 aliphatic carbocycles. The normalized spacial score (nSPS) is 15.4. The second-order valence-corrected chi connectivity index (χ2v) is 5.73. The lowest BCUT2D eigenvalue weighted by molar-refractivity contribution is -0.122. The van der Waals surface area contributed by atoms with E-state index < -0.39 is 0 Å². The minimum Gasteiger partial charge on any atom is -0.341 e. The topological polar surface area (TPSA) is 49.3 Å². The van der Waals surface area contributed by atoms with E-state index in [4.69, 9.17) is 0 Å². The molecule has 120 valence electrons. The summed E-state index contributed by atoms with van der Waals surface area (Å²) in [6, 6.07) is 11.7. The van der Waals surface area contributed by atoms with Crippen molar-refractivity contribution in [2.75, 3.05) is 29.4 Å². The standard InChI is InChI=1S/C18H22N4O/c1-2-22(16-7-4-3-5-8-16)17(23)15-9-13-21(14-10-15)18-19-11-6-12-20-18/h3-8,11-12,15H,2,9-10,13-14H2,1H3. The summed E-state index contributed by atoms with van der Waals surface area (Å²) in [5.41, 5.74) is 0.980. The van der Waals surface area contributed by atoms with Gasteiger partial charge in [0.2, 0.25) is 11.9 Å². The maximum absolute atomic E-state index is 12.8. The molecule has 0 radical (unpaired) electrons. The molecule has 5 nitrogen and oxygen atoms in total. The van der Waals surface area contributed by atoms with E-state index in [1.807, 2.05) is 48.2 Å². The Morgan fingerprint density at radius 2 is 1.78 bits per heavy atom. The molecule has 3 rings (SSSR count). The van der Waals surface area contributed by atoms with Crippen LogP contribution in [-0.4, -0.2) is 35.5 Å². The van der Waals surface area contributed by atoms with Gasteiger partial charge in [0.05, 0.1) is 0 Å². The third-order valence-electron chi connectivity index (χ3n) is 4.33. The zero-order valence-corrected chi connectivity index (χ0v) is 13.4.